The van der Waals surface area contributed by atoms with E-state index in [9.17, 15) is 0 Å². The third kappa shape index (κ3) is 4.99. The average molecular weight is 616 g/mol. The second kappa shape index (κ2) is 11.9. The first-order chi connectivity index (χ1) is 23.8. The predicted octanol–water partition coefficient (Wildman–Crippen LogP) is 13.3. The van der Waals surface area contributed by atoms with Crippen LogP contribution in [0, 0.1) is 0 Å². The van der Waals surface area contributed by atoms with Gasteiger partial charge in [0.05, 0.1) is 11.1 Å². The Hall–Kier alpha value is -6.12. The average Bonchev–Trinajstić information content (AvgIpc) is 3.56. The van der Waals surface area contributed by atoms with Gasteiger partial charge >= 0.3 is 0 Å². The van der Waals surface area contributed by atoms with Gasteiger partial charge in [-0.25, -0.2) is 0 Å². The number of hydrogen-bond donors (Lipinski definition) is 0. The van der Waals surface area contributed by atoms with Gasteiger partial charge in [-0.1, -0.05) is 133 Å². The molecule has 1 aliphatic rings. The first kappa shape index (κ1) is 28.1. The summed E-state index contributed by atoms with van der Waals surface area (Å²) in [4.78, 5) is 2.38. The summed E-state index contributed by atoms with van der Waals surface area (Å²) in [6, 6.07) is 56.5. The molecule has 0 aliphatic heterocycles. The second-order valence-electron chi connectivity index (χ2n) is 12.4. The van der Waals surface area contributed by atoms with E-state index in [4.69, 9.17) is 4.42 Å². The fraction of sp³-hybridized carbons (Fsp3) is 0.0435. The number of rotatable bonds is 6. The minimum absolute atomic E-state index is 0.873. The number of fused-ring (bicyclic) bond motifs is 5. The van der Waals surface area contributed by atoms with Gasteiger partial charge in [0.2, 0.25) is 0 Å². The lowest BCUT2D eigenvalue weighted by molar-refractivity contribution is 0.669. The van der Waals surface area contributed by atoms with Crippen LogP contribution < -0.4 is 4.90 Å². The summed E-state index contributed by atoms with van der Waals surface area (Å²) in [5.41, 5.74) is 12.2. The van der Waals surface area contributed by atoms with Crippen molar-refractivity contribution in [3.05, 3.63) is 182 Å². The maximum Gasteiger partial charge on any atom is 0.138 e. The number of nitrogens with zero attached hydrogens (tertiary/aromatic N) is 1. The summed E-state index contributed by atoms with van der Waals surface area (Å²) in [5, 5.41) is 4.63. The topological polar surface area (TPSA) is 16.4 Å². The summed E-state index contributed by atoms with van der Waals surface area (Å²) < 4.78 is 6.74. The first-order valence-electron chi connectivity index (χ1n) is 16.7. The Bertz CT molecular complexity index is 2470. The molecule has 1 aromatic heterocycles. The van der Waals surface area contributed by atoms with Gasteiger partial charge in [0.25, 0.3) is 0 Å². The van der Waals surface area contributed by atoms with E-state index < -0.39 is 0 Å². The lowest BCUT2D eigenvalue weighted by atomic mass is 9.95. The van der Waals surface area contributed by atoms with Crippen molar-refractivity contribution in [2.45, 2.75) is 12.8 Å². The molecule has 9 rings (SSSR count). The molecule has 0 unspecified atom stereocenters. The SMILES string of the molecule is C1=CC(c2ccc(-c3cc(N(c4ccccc4)c4ccc(-c5ccccc5)cc4)c4c(c3)oc3ccc5ccccc5c34)cc2)=CCC1. The van der Waals surface area contributed by atoms with Crippen LogP contribution >= 0.6 is 0 Å². The van der Waals surface area contributed by atoms with E-state index in [1.165, 1.54) is 33.0 Å². The molecule has 0 saturated carbocycles. The molecule has 0 N–H and O–H groups in total. The van der Waals surface area contributed by atoms with Crippen LogP contribution in [0.1, 0.15) is 18.4 Å². The summed E-state index contributed by atoms with van der Waals surface area (Å²) in [6.45, 7) is 0. The molecule has 0 bridgehead atoms. The van der Waals surface area contributed by atoms with Gasteiger partial charge in [-0.15, -0.1) is 0 Å². The lowest BCUT2D eigenvalue weighted by Gasteiger charge is -2.27. The quantitative estimate of drug-likeness (QED) is 0.185. The van der Waals surface area contributed by atoms with E-state index in [-0.39, 0.29) is 0 Å². The van der Waals surface area contributed by atoms with E-state index >= 15 is 0 Å². The zero-order valence-corrected chi connectivity index (χ0v) is 26.5. The van der Waals surface area contributed by atoms with Gasteiger partial charge in [0, 0.05) is 16.8 Å². The number of benzene rings is 7. The molecule has 228 valence electrons. The zero-order valence-electron chi connectivity index (χ0n) is 26.5. The van der Waals surface area contributed by atoms with E-state index in [1.807, 2.05) is 0 Å². The number of furan rings is 1. The van der Waals surface area contributed by atoms with Crippen LogP contribution in [-0.2, 0) is 0 Å². The van der Waals surface area contributed by atoms with Crippen molar-refractivity contribution >= 4 is 55.3 Å². The fourth-order valence-corrected chi connectivity index (χ4v) is 7.11. The molecule has 2 nitrogen and oxygen atoms in total. The third-order valence-corrected chi connectivity index (χ3v) is 9.48. The fourth-order valence-electron chi connectivity index (χ4n) is 7.11. The molecule has 48 heavy (non-hydrogen) atoms. The highest BCUT2D eigenvalue weighted by Gasteiger charge is 2.22. The molecule has 0 atom stereocenters. The van der Waals surface area contributed by atoms with Crippen molar-refractivity contribution in [3.63, 3.8) is 0 Å². The van der Waals surface area contributed by atoms with Crippen molar-refractivity contribution in [2.75, 3.05) is 4.90 Å². The Kier molecular flexibility index (Phi) is 6.98. The van der Waals surface area contributed by atoms with E-state index in [0.29, 0.717) is 0 Å². The highest BCUT2D eigenvalue weighted by atomic mass is 16.3. The minimum atomic E-state index is 0.873. The molecule has 0 amide bonds. The van der Waals surface area contributed by atoms with Crippen molar-refractivity contribution in [3.8, 4) is 22.3 Å². The summed E-state index contributed by atoms with van der Waals surface area (Å²) >= 11 is 0. The van der Waals surface area contributed by atoms with E-state index in [2.05, 4.69) is 181 Å². The standard InChI is InChI=1S/C46H33NO/c1-4-12-32(13-5-1)34-20-22-36(23-21-34)38-30-42(46-44(31-38)48-43-29-26-37-16-10-11-19-41(37)45(43)46)47(39-17-8-3-9-18-39)40-27-24-35(25-28-40)33-14-6-2-7-15-33/h2-4,6-31H,1,5H2. The van der Waals surface area contributed by atoms with Crippen LogP contribution in [0.5, 0.6) is 0 Å². The van der Waals surface area contributed by atoms with Gasteiger partial charge in [-0.2, -0.15) is 0 Å². The molecule has 0 fully saturated rings. The number of anilines is 3. The number of hydrogen-bond acceptors (Lipinski definition) is 2. The van der Waals surface area contributed by atoms with E-state index in [0.717, 1.165) is 63.0 Å². The molecule has 0 radical (unpaired) electrons. The van der Waals surface area contributed by atoms with Crippen LogP contribution in [-0.4, -0.2) is 0 Å². The van der Waals surface area contributed by atoms with Crippen molar-refractivity contribution in [1.29, 1.82) is 0 Å². The Morgan fingerprint density at radius 2 is 1.10 bits per heavy atom. The Balaban J connectivity index is 1.29. The van der Waals surface area contributed by atoms with Gasteiger partial charge in [0.15, 0.2) is 0 Å². The van der Waals surface area contributed by atoms with Crippen LogP contribution in [0.25, 0.3) is 60.5 Å². The summed E-state index contributed by atoms with van der Waals surface area (Å²) in [6.07, 6.45) is 9.04. The molecule has 2 heteroatoms. The van der Waals surface area contributed by atoms with Crippen LogP contribution in [0.4, 0.5) is 17.1 Å². The lowest BCUT2D eigenvalue weighted by Crippen LogP contribution is -2.10. The molecule has 7 aromatic carbocycles. The third-order valence-electron chi connectivity index (χ3n) is 9.48. The molecule has 0 spiro atoms. The van der Waals surface area contributed by atoms with Gasteiger partial charge in [-0.3, -0.25) is 0 Å². The Morgan fingerprint density at radius 3 is 1.88 bits per heavy atom. The van der Waals surface area contributed by atoms with Crippen molar-refractivity contribution < 1.29 is 4.42 Å². The maximum absolute atomic E-state index is 6.74. The Morgan fingerprint density at radius 1 is 0.458 bits per heavy atom. The highest BCUT2D eigenvalue weighted by molar-refractivity contribution is 6.23. The first-order valence-corrected chi connectivity index (χ1v) is 16.7. The minimum Gasteiger partial charge on any atom is -0.456 e. The molecule has 8 aromatic rings. The number of para-hydroxylation sites is 1. The van der Waals surface area contributed by atoms with Crippen molar-refractivity contribution in [2.24, 2.45) is 0 Å². The second-order valence-corrected chi connectivity index (χ2v) is 12.4. The molecule has 1 heterocycles. The van der Waals surface area contributed by atoms with Crippen LogP contribution in [0.15, 0.2) is 180 Å². The number of allylic oxidation sites excluding steroid dienone is 4. The Labute approximate surface area is 280 Å². The smallest absolute Gasteiger partial charge is 0.138 e. The maximum atomic E-state index is 6.74. The van der Waals surface area contributed by atoms with Gasteiger partial charge in [-0.05, 0) is 99.5 Å². The zero-order chi connectivity index (χ0) is 31.9. The largest absolute Gasteiger partial charge is 0.456 e. The molecule has 1 aliphatic carbocycles. The molecular formula is C46H33NO. The summed E-state index contributed by atoms with van der Waals surface area (Å²) in [5.74, 6) is 0. The monoisotopic (exact) mass is 615 g/mol. The normalized spacial score (nSPS) is 12.9. The van der Waals surface area contributed by atoms with Gasteiger partial charge in [0.1, 0.15) is 11.2 Å². The van der Waals surface area contributed by atoms with E-state index in [1.54, 1.807) is 0 Å². The molecule has 0 saturated heterocycles. The molecular weight excluding hydrogens is 583 g/mol. The van der Waals surface area contributed by atoms with Crippen LogP contribution in [0.2, 0.25) is 0 Å². The van der Waals surface area contributed by atoms with Crippen LogP contribution in [0.3, 0.4) is 0 Å². The van der Waals surface area contributed by atoms with Crippen molar-refractivity contribution in [1.82, 2.24) is 0 Å². The summed E-state index contributed by atoms with van der Waals surface area (Å²) in [7, 11) is 0. The predicted molar refractivity (Wildman–Crippen MR) is 203 cm³/mol. The highest BCUT2D eigenvalue weighted by Crippen LogP contribution is 2.47. The van der Waals surface area contributed by atoms with Gasteiger partial charge < -0.3 is 9.32 Å².